The van der Waals surface area contributed by atoms with Crippen LogP contribution in [0.5, 0.6) is 5.75 Å². The molecule has 1 saturated heterocycles. The zero-order valence-electron chi connectivity index (χ0n) is 13.5. The molecular weight excluding hydrogens is 304 g/mol. The van der Waals surface area contributed by atoms with Gasteiger partial charge in [0.1, 0.15) is 5.75 Å². The van der Waals surface area contributed by atoms with E-state index in [4.69, 9.17) is 4.74 Å². The molecule has 1 aliphatic rings. The van der Waals surface area contributed by atoms with E-state index in [1.54, 1.807) is 29.2 Å². The van der Waals surface area contributed by atoms with Gasteiger partial charge in [0.05, 0.1) is 12.7 Å². The Morgan fingerprint density at radius 1 is 1.12 bits per heavy atom. The maximum absolute atomic E-state index is 12.3. The molecule has 1 unspecified atom stereocenters. The maximum Gasteiger partial charge on any atom is 0.317 e. The van der Waals surface area contributed by atoms with Crippen LogP contribution >= 0.6 is 0 Å². The summed E-state index contributed by atoms with van der Waals surface area (Å²) in [6.07, 6.45) is 0.836. The van der Waals surface area contributed by atoms with Gasteiger partial charge < -0.3 is 20.1 Å². The molecule has 24 heavy (non-hydrogen) atoms. The number of benzene rings is 2. The Kier molecular flexibility index (Phi) is 5.33. The van der Waals surface area contributed by atoms with Crippen molar-refractivity contribution in [1.29, 1.82) is 0 Å². The lowest BCUT2D eigenvalue weighted by atomic mass is 10.1. The SMILES string of the molecule is O=C(NCc1ccc(O)cc1)N1CCOC(Cc2ccccc2)C1. The predicted octanol–water partition coefficient (Wildman–Crippen LogP) is 2.55. The van der Waals surface area contributed by atoms with E-state index in [2.05, 4.69) is 17.4 Å². The Morgan fingerprint density at radius 2 is 1.88 bits per heavy atom. The molecule has 1 heterocycles. The zero-order chi connectivity index (χ0) is 16.8. The molecule has 2 aromatic rings. The quantitative estimate of drug-likeness (QED) is 0.908. The van der Waals surface area contributed by atoms with E-state index in [1.807, 2.05) is 18.2 Å². The lowest BCUT2D eigenvalue weighted by molar-refractivity contribution is -0.0133. The van der Waals surface area contributed by atoms with E-state index < -0.39 is 0 Å². The fraction of sp³-hybridized carbons (Fsp3) is 0.316. The summed E-state index contributed by atoms with van der Waals surface area (Å²) in [4.78, 5) is 14.1. The first kappa shape index (κ1) is 16.3. The van der Waals surface area contributed by atoms with E-state index in [9.17, 15) is 9.90 Å². The standard InChI is InChI=1S/C19H22N2O3/c22-17-8-6-16(7-9-17)13-20-19(23)21-10-11-24-18(14-21)12-15-4-2-1-3-5-15/h1-9,18,22H,10-14H2,(H,20,23). The Labute approximate surface area is 141 Å². The number of morpholine rings is 1. The first-order valence-corrected chi connectivity index (χ1v) is 8.17. The van der Waals surface area contributed by atoms with E-state index in [0.717, 1.165) is 12.0 Å². The van der Waals surface area contributed by atoms with Crippen LogP contribution in [0, 0.1) is 0 Å². The molecule has 0 bridgehead atoms. The summed E-state index contributed by atoms with van der Waals surface area (Å²) in [5.41, 5.74) is 2.17. The van der Waals surface area contributed by atoms with Crippen LogP contribution in [0.1, 0.15) is 11.1 Å². The number of carbonyl (C=O) groups is 1. The number of nitrogens with zero attached hydrogens (tertiary/aromatic N) is 1. The fourth-order valence-corrected chi connectivity index (χ4v) is 2.81. The number of carbonyl (C=O) groups excluding carboxylic acids is 1. The molecule has 1 atom stereocenters. The summed E-state index contributed by atoms with van der Waals surface area (Å²) in [6.45, 7) is 2.20. The summed E-state index contributed by atoms with van der Waals surface area (Å²) in [5, 5.41) is 12.2. The third kappa shape index (κ3) is 4.49. The van der Waals surface area contributed by atoms with Gasteiger partial charge in [0.25, 0.3) is 0 Å². The van der Waals surface area contributed by atoms with Crippen molar-refractivity contribution in [3.05, 3.63) is 65.7 Å². The van der Waals surface area contributed by atoms with Gasteiger partial charge >= 0.3 is 6.03 Å². The molecule has 1 fully saturated rings. The summed E-state index contributed by atoms with van der Waals surface area (Å²) in [5.74, 6) is 0.224. The summed E-state index contributed by atoms with van der Waals surface area (Å²) in [7, 11) is 0. The van der Waals surface area contributed by atoms with Gasteiger partial charge in [0.2, 0.25) is 0 Å². The number of phenols is 1. The molecule has 0 radical (unpaired) electrons. The van der Waals surface area contributed by atoms with Crippen molar-refractivity contribution in [2.45, 2.75) is 19.1 Å². The minimum Gasteiger partial charge on any atom is -0.508 e. The number of phenolic OH excluding ortho intramolecular Hbond substituents is 1. The lowest BCUT2D eigenvalue weighted by Gasteiger charge is -2.33. The highest BCUT2D eigenvalue weighted by atomic mass is 16.5. The third-order valence-corrected chi connectivity index (χ3v) is 4.11. The molecule has 0 aliphatic carbocycles. The minimum absolute atomic E-state index is 0.0283. The molecule has 0 aromatic heterocycles. The monoisotopic (exact) mass is 326 g/mol. The van der Waals surface area contributed by atoms with Crippen LogP contribution in [0.4, 0.5) is 4.79 Å². The summed E-state index contributed by atoms with van der Waals surface area (Å²) in [6, 6.07) is 16.9. The molecule has 0 spiro atoms. The smallest absolute Gasteiger partial charge is 0.317 e. The molecule has 1 aliphatic heterocycles. The van der Waals surface area contributed by atoms with Crippen LogP contribution in [-0.4, -0.2) is 41.8 Å². The second-order valence-electron chi connectivity index (χ2n) is 5.95. The zero-order valence-corrected chi connectivity index (χ0v) is 13.5. The topological polar surface area (TPSA) is 61.8 Å². The minimum atomic E-state index is -0.0792. The van der Waals surface area contributed by atoms with Crippen LogP contribution in [-0.2, 0) is 17.7 Å². The first-order chi connectivity index (χ1) is 11.7. The van der Waals surface area contributed by atoms with Crippen molar-refractivity contribution in [2.75, 3.05) is 19.7 Å². The molecule has 0 saturated carbocycles. The maximum atomic E-state index is 12.3. The van der Waals surface area contributed by atoms with Gasteiger partial charge in [-0.05, 0) is 23.3 Å². The molecular formula is C19H22N2O3. The van der Waals surface area contributed by atoms with Crippen molar-refractivity contribution >= 4 is 6.03 Å². The van der Waals surface area contributed by atoms with Crippen molar-refractivity contribution < 1.29 is 14.6 Å². The lowest BCUT2D eigenvalue weighted by Crippen LogP contribution is -2.50. The fourth-order valence-electron chi connectivity index (χ4n) is 2.81. The number of hydrogen-bond donors (Lipinski definition) is 2. The number of amides is 2. The molecule has 5 nitrogen and oxygen atoms in total. The molecule has 2 aromatic carbocycles. The molecule has 3 rings (SSSR count). The molecule has 2 N–H and O–H groups in total. The van der Waals surface area contributed by atoms with Crippen LogP contribution in [0.15, 0.2) is 54.6 Å². The van der Waals surface area contributed by atoms with E-state index in [-0.39, 0.29) is 17.9 Å². The second-order valence-corrected chi connectivity index (χ2v) is 5.95. The van der Waals surface area contributed by atoms with Gasteiger partial charge in [-0.2, -0.15) is 0 Å². The molecule has 5 heteroatoms. The number of rotatable bonds is 4. The van der Waals surface area contributed by atoms with Crippen LogP contribution < -0.4 is 5.32 Å². The molecule has 2 amide bonds. The van der Waals surface area contributed by atoms with Gasteiger partial charge in [-0.3, -0.25) is 0 Å². The number of ether oxygens (including phenoxy) is 1. The number of hydrogen-bond acceptors (Lipinski definition) is 3. The Balaban J connectivity index is 1.50. The van der Waals surface area contributed by atoms with Gasteiger partial charge in [-0.25, -0.2) is 4.79 Å². The highest BCUT2D eigenvalue weighted by Gasteiger charge is 2.24. The van der Waals surface area contributed by atoms with Crippen LogP contribution in [0.25, 0.3) is 0 Å². The second kappa shape index (κ2) is 7.84. The third-order valence-electron chi connectivity index (χ3n) is 4.11. The average Bonchev–Trinajstić information content (AvgIpc) is 2.62. The number of urea groups is 1. The Hall–Kier alpha value is -2.53. The largest absolute Gasteiger partial charge is 0.508 e. The Morgan fingerprint density at radius 3 is 2.62 bits per heavy atom. The molecule has 126 valence electrons. The highest BCUT2D eigenvalue weighted by molar-refractivity contribution is 5.74. The first-order valence-electron chi connectivity index (χ1n) is 8.17. The highest BCUT2D eigenvalue weighted by Crippen LogP contribution is 2.13. The van der Waals surface area contributed by atoms with E-state index >= 15 is 0 Å². The average molecular weight is 326 g/mol. The normalized spacial score (nSPS) is 17.5. The number of nitrogens with one attached hydrogen (secondary N) is 1. The van der Waals surface area contributed by atoms with E-state index in [0.29, 0.717) is 26.2 Å². The van der Waals surface area contributed by atoms with Crippen LogP contribution in [0.3, 0.4) is 0 Å². The van der Waals surface area contributed by atoms with Gasteiger partial charge in [0.15, 0.2) is 0 Å². The summed E-state index contributed by atoms with van der Waals surface area (Å²) >= 11 is 0. The van der Waals surface area contributed by atoms with Gasteiger partial charge in [-0.1, -0.05) is 42.5 Å². The van der Waals surface area contributed by atoms with Crippen molar-refractivity contribution in [3.8, 4) is 5.75 Å². The van der Waals surface area contributed by atoms with Crippen molar-refractivity contribution in [1.82, 2.24) is 10.2 Å². The van der Waals surface area contributed by atoms with Gasteiger partial charge in [-0.15, -0.1) is 0 Å². The Bertz CT molecular complexity index is 658. The van der Waals surface area contributed by atoms with Gasteiger partial charge in [0, 0.05) is 26.1 Å². The predicted molar refractivity (Wildman–Crippen MR) is 91.8 cm³/mol. The van der Waals surface area contributed by atoms with E-state index in [1.165, 1.54) is 5.56 Å². The van der Waals surface area contributed by atoms with Crippen molar-refractivity contribution in [2.24, 2.45) is 0 Å². The number of aromatic hydroxyl groups is 1. The summed E-state index contributed by atoms with van der Waals surface area (Å²) < 4.78 is 5.79. The van der Waals surface area contributed by atoms with Crippen molar-refractivity contribution in [3.63, 3.8) is 0 Å². The van der Waals surface area contributed by atoms with Crippen LogP contribution in [0.2, 0.25) is 0 Å².